The van der Waals surface area contributed by atoms with E-state index < -0.39 is 23.7 Å². The predicted molar refractivity (Wildman–Crippen MR) is 114 cm³/mol. The van der Waals surface area contributed by atoms with Crippen LogP contribution in [0.3, 0.4) is 0 Å². The molecule has 0 N–H and O–H groups in total. The zero-order chi connectivity index (χ0) is 21.9. The lowest BCUT2D eigenvalue weighted by molar-refractivity contribution is -0.147. The summed E-state index contributed by atoms with van der Waals surface area (Å²) in [5, 5.41) is 0.657. The van der Waals surface area contributed by atoms with Gasteiger partial charge >= 0.3 is 12.1 Å². The summed E-state index contributed by atoms with van der Waals surface area (Å²) in [4.78, 5) is 26.6. The molecular formula is C23H26ClNO5. The summed E-state index contributed by atoms with van der Waals surface area (Å²) in [6, 6.07) is 12.1. The molecule has 6 nitrogen and oxygen atoms in total. The first-order valence-electron chi connectivity index (χ1n) is 9.75. The number of methoxy groups -OCH3 is 1. The molecule has 1 aliphatic rings. The molecule has 7 heteroatoms. The van der Waals surface area contributed by atoms with Crippen LogP contribution in [0.4, 0.5) is 4.79 Å². The van der Waals surface area contributed by atoms with Crippen molar-refractivity contribution in [3.8, 4) is 5.75 Å². The first-order chi connectivity index (χ1) is 14.2. The molecule has 3 rings (SSSR count). The van der Waals surface area contributed by atoms with Gasteiger partial charge in [-0.2, -0.15) is 0 Å². The van der Waals surface area contributed by atoms with E-state index in [1.807, 2.05) is 30.3 Å². The summed E-state index contributed by atoms with van der Waals surface area (Å²) in [5.41, 5.74) is 1.96. The minimum absolute atomic E-state index is 0.347. The van der Waals surface area contributed by atoms with Gasteiger partial charge in [-0.25, -0.2) is 9.59 Å². The van der Waals surface area contributed by atoms with Crippen molar-refractivity contribution < 1.29 is 23.8 Å². The van der Waals surface area contributed by atoms with Crippen LogP contribution in [-0.2, 0) is 27.3 Å². The van der Waals surface area contributed by atoms with Gasteiger partial charge in [-0.05, 0) is 68.1 Å². The Balaban J connectivity index is 1.81. The Morgan fingerprint density at radius 2 is 1.93 bits per heavy atom. The number of carbonyl (C=O) groups is 2. The second-order valence-electron chi connectivity index (χ2n) is 8.13. The molecule has 0 aromatic heterocycles. The maximum Gasteiger partial charge on any atom is 0.411 e. The number of hydrogen-bond acceptors (Lipinski definition) is 5. The number of amides is 1. The van der Waals surface area contributed by atoms with Crippen LogP contribution in [0.1, 0.15) is 43.5 Å². The Bertz CT molecular complexity index is 937. The number of fused-ring (bicyclic) bond motifs is 1. The average Bonchev–Trinajstić information content (AvgIpc) is 2.69. The summed E-state index contributed by atoms with van der Waals surface area (Å²) in [7, 11) is 1.31. The van der Waals surface area contributed by atoms with Crippen LogP contribution in [-0.4, -0.2) is 36.2 Å². The van der Waals surface area contributed by atoms with E-state index >= 15 is 0 Å². The number of halogens is 1. The molecule has 1 atom stereocenters. The maximum absolute atomic E-state index is 12.7. The molecule has 30 heavy (non-hydrogen) atoms. The molecule has 1 amide bonds. The van der Waals surface area contributed by atoms with Crippen molar-refractivity contribution >= 4 is 23.7 Å². The van der Waals surface area contributed by atoms with E-state index in [0.29, 0.717) is 35.9 Å². The van der Waals surface area contributed by atoms with Gasteiger partial charge in [-0.15, -0.1) is 0 Å². The molecule has 0 spiro atoms. The Morgan fingerprint density at radius 3 is 2.60 bits per heavy atom. The fraction of sp³-hybridized carbons (Fsp3) is 0.391. The van der Waals surface area contributed by atoms with Gasteiger partial charge in [0.25, 0.3) is 0 Å². The monoisotopic (exact) mass is 431 g/mol. The minimum Gasteiger partial charge on any atom is -0.489 e. The lowest BCUT2D eigenvalue weighted by Gasteiger charge is -2.36. The molecule has 160 valence electrons. The van der Waals surface area contributed by atoms with Gasteiger partial charge in [0.1, 0.15) is 18.0 Å². The maximum atomic E-state index is 12.7. The Hall–Kier alpha value is -2.73. The molecule has 0 aliphatic carbocycles. The number of esters is 1. The van der Waals surface area contributed by atoms with Crippen LogP contribution in [0.15, 0.2) is 42.5 Å². The lowest BCUT2D eigenvalue weighted by atomic mass is 9.92. The standard InChI is InChI=1S/C23H26ClNO5/c1-23(2,3)30-22(27)25-11-10-16-13-18(8-9-19(16)20(25)21(26)28-4)29-14-15-6-5-7-17(24)12-15/h5-9,12-13,20H,10-11,14H2,1-4H3/t20-/m1/s1. The smallest absolute Gasteiger partial charge is 0.411 e. The molecule has 0 radical (unpaired) electrons. The van der Waals surface area contributed by atoms with E-state index in [9.17, 15) is 9.59 Å². The molecule has 1 aliphatic heterocycles. The normalized spacial score (nSPS) is 15.9. The van der Waals surface area contributed by atoms with Gasteiger partial charge in [-0.1, -0.05) is 29.8 Å². The quantitative estimate of drug-likeness (QED) is 0.642. The third-order valence-corrected chi connectivity index (χ3v) is 4.92. The highest BCUT2D eigenvalue weighted by Crippen LogP contribution is 2.34. The second kappa shape index (κ2) is 8.96. The van der Waals surface area contributed by atoms with E-state index in [1.54, 1.807) is 32.9 Å². The first kappa shape index (κ1) is 22.0. The van der Waals surface area contributed by atoms with Gasteiger partial charge in [0.15, 0.2) is 6.04 Å². The SMILES string of the molecule is COC(=O)[C@H]1c2ccc(OCc3cccc(Cl)c3)cc2CCN1C(=O)OC(C)(C)C. The molecule has 2 aromatic rings. The number of rotatable bonds is 4. The van der Waals surface area contributed by atoms with Crippen molar-refractivity contribution in [3.05, 3.63) is 64.2 Å². The Kier molecular flexibility index (Phi) is 6.56. The van der Waals surface area contributed by atoms with Crippen molar-refractivity contribution in [1.82, 2.24) is 4.90 Å². The number of ether oxygens (including phenoxy) is 3. The zero-order valence-corrected chi connectivity index (χ0v) is 18.4. The van der Waals surface area contributed by atoms with Crippen LogP contribution in [0.2, 0.25) is 5.02 Å². The number of nitrogens with zero attached hydrogens (tertiary/aromatic N) is 1. The van der Waals surface area contributed by atoms with E-state index in [-0.39, 0.29) is 0 Å². The summed E-state index contributed by atoms with van der Waals surface area (Å²) < 4.78 is 16.3. The molecule has 1 heterocycles. The predicted octanol–water partition coefficient (Wildman–Crippen LogP) is 4.93. The van der Waals surface area contributed by atoms with Crippen molar-refractivity contribution in [1.29, 1.82) is 0 Å². The van der Waals surface area contributed by atoms with Crippen LogP contribution in [0, 0.1) is 0 Å². The Morgan fingerprint density at radius 1 is 1.17 bits per heavy atom. The third kappa shape index (κ3) is 5.25. The topological polar surface area (TPSA) is 65.1 Å². The number of hydrogen-bond donors (Lipinski definition) is 0. The minimum atomic E-state index is -0.851. The summed E-state index contributed by atoms with van der Waals surface area (Å²) in [6.45, 7) is 6.10. The van der Waals surface area contributed by atoms with E-state index in [4.69, 9.17) is 25.8 Å². The lowest BCUT2D eigenvalue weighted by Crippen LogP contribution is -2.46. The molecule has 0 fully saturated rings. The highest BCUT2D eigenvalue weighted by atomic mass is 35.5. The van der Waals surface area contributed by atoms with Gasteiger partial charge in [0.2, 0.25) is 0 Å². The van der Waals surface area contributed by atoms with Gasteiger partial charge < -0.3 is 14.2 Å². The Labute approximate surface area is 181 Å². The fourth-order valence-corrected chi connectivity index (χ4v) is 3.58. The molecule has 0 bridgehead atoms. The van der Waals surface area contributed by atoms with Crippen molar-refractivity contribution in [3.63, 3.8) is 0 Å². The fourth-order valence-electron chi connectivity index (χ4n) is 3.37. The van der Waals surface area contributed by atoms with Gasteiger partial charge in [0, 0.05) is 11.6 Å². The summed E-state index contributed by atoms with van der Waals surface area (Å²) >= 11 is 6.02. The van der Waals surface area contributed by atoms with Crippen LogP contribution >= 0.6 is 11.6 Å². The summed E-state index contributed by atoms with van der Waals surface area (Å²) in [6.07, 6.45) is 0.0426. The number of benzene rings is 2. The average molecular weight is 432 g/mol. The van der Waals surface area contributed by atoms with Crippen molar-refractivity contribution in [2.75, 3.05) is 13.7 Å². The number of carbonyl (C=O) groups excluding carboxylic acids is 2. The van der Waals surface area contributed by atoms with Crippen LogP contribution in [0.25, 0.3) is 0 Å². The van der Waals surface area contributed by atoms with Crippen LogP contribution in [0.5, 0.6) is 5.75 Å². The second-order valence-corrected chi connectivity index (χ2v) is 8.57. The summed E-state index contributed by atoms with van der Waals surface area (Å²) in [5.74, 6) is 0.178. The molecule has 0 saturated heterocycles. The van der Waals surface area contributed by atoms with Crippen LogP contribution < -0.4 is 4.74 Å². The van der Waals surface area contributed by atoms with Crippen molar-refractivity contribution in [2.24, 2.45) is 0 Å². The molecule has 2 aromatic carbocycles. The highest BCUT2D eigenvalue weighted by Gasteiger charge is 2.39. The molecular weight excluding hydrogens is 406 g/mol. The van der Waals surface area contributed by atoms with Gasteiger partial charge in [-0.3, -0.25) is 4.90 Å². The largest absolute Gasteiger partial charge is 0.489 e. The highest BCUT2D eigenvalue weighted by molar-refractivity contribution is 6.30. The first-order valence-corrected chi connectivity index (χ1v) is 10.1. The molecule has 0 saturated carbocycles. The van der Waals surface area contributed by atoms with E-state index in [1.165, 1.54) is 12.0 Å². The zero-order valence-electron chi connectivity index (χ0n) is 17.6. The van der Waals surface area contributed by atoms with Crippen molar-refractivity contribution in [2.45, 2.75) is 45.4 Å². The molecule has 0 unspecified atom stereocenters. The van der Waals surface area contributed by atoms with Gasteiger partial charge in [0.05, 0.1) is 7.11 Å². The van der Waals surface area contributed by atoms with E-state index in [0.717, 1.165) is 11.1 Å². The van der Waals surface area contributed by atoms with E-state index in [2.05, 4.69) is 0 Å². The third-order valence-electron chi connectivity index (χ3n) is 4.69.